The summed E-state index contributed by atoms with van der Waals surface area (Å²) in [6.45, 7) is 2.23. The molecule has 1 amide bonds. The Morgan fingerprint density at radius 1 is 1.38 bits per heavy atom. The van der Waals surface area contributed by atoms with Gasteiger partial charge in [-0.05, 0) is 6.92 Å². The van der Waals surface area contributed by atoms with E-state index in [2.05, 4.69) is 25.9 Å². The van der Waals surface area contributed by atoms with E-state index < -0.39 is 0 Å². The number of carbonyl (C=O) groups is 1. The summed E-state index contributed by atoms with van der Waals surface area (Å²) in [5.41, 5.74) is 0.404. The molecule has 1 unspecified atom stereocenters. The van der Waals surface area contributed by atoms with E-state index in [-0.39, 0.29) is 21.0 Å². The second-order valence-electron chi connectivity index (χ2n) is 3.51. The van der Waals surface area contributed by atoms with Crippen molar-refractivity contribution in [3.63, 3.8) is 0 Å². The van der Waals surface area contributed by atoms with Crippen LogP contribution in [-0.4, -0.2) is 27.2 Å². The first-order valence-electron chi connectivity index (χ1n) is 4.63. The van der Waals surface area contributed by atoms with Gasteiger partial charge in [-0.15, -0.1) is 0 Å². The van der Waals surface area contributed by atoms with Crippen molar-refractivity contribution in [2.75, 3.05) is 11.4 Å². The van der Waals surface area contributed by atoms with Gasteiger partial charge in [-0.1, -0.05) is 39.1 Å². The van der Waals surface area contributed by atoms with Crippen LogP contribution in [0.1, 0.15) is 12.2 Å². The van der Waals surface area contributed by atoms with Crippen molar-refractivity contribution in [2.24, 2.45) is 0 Å². The molecule has 0 radical (unpaired) electrons. The topological polar surface area (TPSA) is 46.1 Å². The molecule has 7 heteroatoms. The molecule has 1 aliphatic heterocycles. The zero-order valence-corrected chi connectivity index (χ0v) is 11.5. The lowest BCUT2D eigenvalue weighted by Gasteiger charge is -2.17. The van der Waals surface area contributed by atoms with Crippen molar-refractivity contribution < 1.29 is 4.79 Å². The zero-order valence-electron chi connectivity index (χ0n) is 8.38. The summed E-state index contributed by atoms with van der Waals surface area (Å²) >= 11 is 15.4. The fourth-order valence-electron chi connectivity index (χ4n) is 1.60. The molecular formula is C9H8BrCl2N3O. The molecule has 1 fully saturated rings. The van der Waals surface area contributed by atoms with Crippen LogP contribution in [0.15, 0.2) is 0 Å². The van der Waals surface area contributed by atoms with Gasteiger partial charge in [-0.25, -0.2) is 9.97 Å². The lowest BCUT2D eigenvalue weighted by Crippen LogP contribution is -2.26. The Hall–Kier alpha value is -0.390. The van der Waals surface area contributed by atoms with Crippen LogP contribution < -0.4 is 4.90 Å². The SMILES string of the molecule is Cc1nc(Cl)c(N2CC(Br)CC2=O)c(Cl)n1. The maximum Gasteiger partial charge on any atom is 0.228 e. The molecule has 0 spiro atoms. The third-order valence-corrected chi connectivity index (χ3v) is 3.40. The maximum atomic E-state index is 11.7. The molecule has 2 rings (SSSR count). The first-order chi connectivity index (χ1) is 7.49. The highest BCUT2D eigenvalue weighted by atomic mass is 79.9. The highest BCUT2D eigenvalue weighted by molar-refractivity contribution is 9.09. The highest BCUT2D eigenvalue weighted by Gasteiger charge is 2.32. The van der Waals surface area contributed by atoms with Crippen molar-refractivity contribution in [1.29, 1.82) is 0 Å². The molecule has 86 valence electrons. The third-order valence-electron chi connectivity index (χ3n) is 2.26. The predicted molar refractivity (Wildman–Crippen MR) is 66.5 cm³/mol. The van der Waals surface area contributed by atoms with Gasteiger partial charge in [0.05, 0.1) is 0 Å². The number of hydrogen-bond acceptors (Lipinski definition) is 3. The lowest BCUT2D eigenvalue weighted by atomic mass is 10.4. The van der Waals surface area contributed by atoms with E-state index in [0.717, 1.165) is 0 Å². The van der Waals surface area contributed by atoms with E-state index in [9.17, 15) is 4.79 Å². The van der Waals surface area contributed by atoms with Gasteiger partial charge in [-0.2, -0.15) is 0 Å². The molecule has 1 atom stereocenters. The summed E-state index contributed by atoms with van der Waals surface area (Å²) in [5, 5.41) is 0.430. The minimum atomic E-state index is -0.0295. The summed E-state index contributed by atoms with van der Waals surface area (Å²) < 4.78 is 0. The number of hydrogen-bond donors (Lipinski definition) is 0. The molecule has 0 saturated carbocycles. The van der Waals surface area contributed by atoms with Crippen molar-refractivity contribution in [2.45, 2.75) is 18.2 Å². The van der Waals surface area contributed by atoms with Crippen molar-refractivity contribution in [3.8, 4) is 0 Å². The maximum absolute atomic E-state index is 11.7. The predicted octanol–water partition coefficient (Wildman–Crippen LogP) is 2.59. The number of anilines is 1. The van der Waals surface area contributed by atoms with Gasteiger partial charge in [0.2, 0.25) is 5.91 Å². The van der Waals surface area contributed by atoms with Crippen LogP contribution in [0.2, 0.25) is 10.3 Å². The van der Waals surface area contributed by atoms with Crippen molar-refractivity contribution in [1.82, 2.24) is 9.97 Å². The Bertz CT molecular complexity index is 431. The van der Waals surface area contributed by atoms with Gasteiger partial charge in [0.1, 0.15) is 11.5 Å². The molecular weight excluding hydrogens is 317 g/mol. The first-order valence-corrected chi connectivity index (χ1v) is 6.30. The summed E-state index contributed by atoms with van der Waals surface area (Å²) in [6, 6.07) is 0. The molecule has 1 saturated heterocycles. The van der Waals surface area contributed by atoms with E-state index in [1.807, 2.05) is 0 Å². The molecule has 0 N–H and O–H groups in total. The molecule has 4 nitrogen and oxygen atoms in total. The molecule has 1 aliphatic rings. The minimum absolute atomic E-state index is 0.0295. The van der Waals surface area contributed by atoms with Crippen LogP contribution in [0.3, 0.4) is 0 Å². The van der Waals surface area contributed by atoms with Gasteiger partial charge in [0.15, 0.2) is 10.3 Å². The molecule has 0 aromatic carbocycles. The van der Waals surface area contributed by atoms with Gasteiger partial charge >= 0.3 is 0 Å². The number of amides is 1. The van der Waals surface area contributed by atoms with Crippen LogP contribution in [-0.2, 0) is 4.79 Å². The summed E-state index contributed by atoms with van der Waals surface area (Å²) in [4.78, 5) is 21.3. The number of aromatic nitrogens is 2. The van der Waals surface area contributed by atoms with E-state index >= 15 is 0 Å². The Kier molecular flexibility index (Phi) is 3.37. The van der Waals surface area contributed by atoms with Crippen LogP contribution in [0, 0.1) is 6.92 Å². The second-order valence-corrected chi connectivity index (χ2v) is 5.52. The Labute approximate surface area is 111 Å². The summed E-state index contributed by atoms with van der Waals surface area (Å²) in [6.07, 6.45) is 0.431. The first kappa shape index (κ1) is 12.1. The van der Waals surface area contributed by atoms with Crippen molar-refractivity contribution >= 4 is 50.7 Å². The number of alkyl halides is 1. The normalized spacial score (nSPS) is 20.6. The third kappa shape index (κ3) is 2.17. The molecule has 0 bridgehead atoms. The van der Waals surface area contributed by atoms with Crippen LogP contribution >= 0.6 is 39.1 Å². The Balaban J connectivity index is 2.44. The van der Waals surface area contributed by atoms with E-state index in [4.69, 9.17) is 23.2 Å². The van der Waals surface area contributed by atoms with Crippen LogP contribution in [0.5, 0.6) is 0 Å². The van der Waals surface area contributed by atoms with Crippen LogP contribution in [0.4, 0.5) is 5.69 Å². The largest absolute Gasteiger partial charge is 0.306 e. The number of nitrogens with zero attached hydrogens (tertiary/aromatic N) is 3. The molecule has 2 heterocycles. The molecule has 1 aromatic rings. The fourth-order valence-corrected chi connectivity index (χ4v) is 2.85. The fraction of sp³-hybridized carbons (Fsp3) is 0.444. The molecule has 0 aliphatic carbocycles. The minimum Gasteiger partial charge on any atom is -0.306 e. The number of aryl methyl sites for hydroxylation is 1. The number of rotatable bonds is 1. The Morgan fingerprint density at radius 3 is 2.38 bits per heavy atom. The van der Waals surface area contributed by atoms with Gasteiger partial charge in [0.25, 0.3) is 0 Å². The van der Waals surface area contributed by atoms with Gasteiger partial charge < -0.3 is 4.90 Å². The lowest BCUT2D eigenvalue weighted by molar-refractivity contribution is -0.117. The average Bonchev–Trinajstić information content (AvgIpc) is 2.43. The van der Waals surface area contributed by atoms with Crippen LogP contribution in [0.25, 0.3) is 0 Å². The van der Waals surface area contributed by atoms with E-state index in [1.54, 1.807) is 6.92 Å². The van der Waals surface area contributed by atoms with E-state index in [0.29, 0.717) is 24.5 Å². The second kappa shape index (κ2) is 4.47. The number of carbonyl (C=O) groups excluding carboxylic acids is 1. The summed E-state index contributed by atoms with van der Waals surface area (Å²) in [7, 11) is 0. The van der Waals surface area contributed by atoms with E-state index in [1.165, 1.54) is 4.90 Å². The smallest absolute Gasteiger partial charge is 0.228 e. The highest BCUT2D eigenvalue weighted by Crippen LogP contribution is 2.34. The van der Waals surface area contributed by atoms with Gasteiger partial charge in [-0.3, -0.25) is 4.79 Å². The molecule has 16 heavy (non-hydrogen) atoms. The zero-order chi connectivity index (χ0) is 11.9. The summed E-state index contributed by atoms with van der Waals surface area (Å²) in [5.74, 6) is 0.457. The Morgan fingerprint density at radius 2 is 1.94 bits per heavy atom. The number of halogens is 3. The quantitative estimate of drug-likeness (QED) is 0.589. The van der Waals surface area contributed by atoms with Gasteiger partial charge in [0, 0.05) is 17.8 Å². The van der Waals surface area contributed by atoms with Crippen molar-refractivity contribution in [3.05, 3.63) is 16.1 Å². The standard InChI is InChI=1S/C9H8BrCl2N3O/c1-4-13-8(11)7(9(12)14-4)15-3-5(10)2-6(15)16/h5H,2-3H2,1H3. The average molecular weight is 325 g/mol. The monoisotopic (exact) mass is 323 g/mol. The molecule has 1 aromatic heterocycles.